The van der Waals surface area contributed by atoms with Gasteiger partial charge in [0.15, 0.2) is 9.84 Å². The van der Waals surface area contributed by atoms with Crippen molar-refractivity contribution in [3.05, 3.63) is 58.1 Å². The van der Waals surface area contributed by atoms with E-state index in [0.29, 0.717) is 11.3 Å². The van der Waals surface area contributed by atoms with Crippen molar-refractivity contribution in [3.63, 3.8) is 0 Å². The van der Waals surface area contributed by atoms with Crippen LogP contribution in [0.15, 0.2) is 51.8 Å². The normalized spacial score (nSPS) is 11.1. The Morgan fingerprint density at radius 3 is 2.30 bits per heavy atom. The van der Waals surface area contributed by atoms with E-state index in [2.05, 4.69) is 21.2 Å². The van der Waals surface area contributed by atoms with Crippen molar-refractivity contribution in [2.24, 2.45) is 0 Å². The quantitative estimate of drug-likeness (QED) is 0.728. The highest BCUT2D eigenvalue weighted by Crippen LogP contribution is 2.20. The molecule has 0 bridgehead atoms. The highest BCUT2D eigenvalue weighted by atomic mass is 79.9. The van der Waals surface area contributed by atoms with Gasteiger partial charge in [-0.25, -0.2) is 8.42 Å². The van der Waals surface area contributed by atoms with Gasteiger partial charge in [0, 0.05) is 22.8 Å². The lowest BCUT2D eigenvalue weighted by Crippen LogP contribution is -2.35. The number of nitrogens with one attached hydrogen (secondary N) is 1. The number of hydrogen-bond donors (Lipinski definition) is 1. The van der Waals surface area contributed by atoms with Crippen LogP contribution in [0.3, 0.4) is 0 Å². The summed E-state index contributed by atoms with van der Waals surface area (Å²) in [5.74, 6) is -0.685. The van der Waals surface area contributed by atoms with Gasteiger partial charge in [0.2, 0.25) is 5.91 Å². The maximum absolute atomic E-state index is 12.5. The number of rotatable bonds is 6. The molecule has 2 aromatic rings. The molecular formula is C19H21BrN2O4S. The van der Waals surface area contributed by atoms with E-state index < -0.39 is 9.84 Å². The Morgan fingerprint density at radius 2 is 1.74 bits per heavy atom. The largest absolute Gasteiger partial charge is 0.332 e. The van der Waals surface area contributed by atoms with Crippen molar-refractivity contribution < 1.29 is 18.0 Å². The molecule has 0 radical (unpaired) electrons. The van der Waals surface area contributed by atoms with E-state index in [1.807, 2.05) is 19.1 Å². The molecule has 2 amide bonds. The highest BCUT2D eigenvalue weighted by molar-refractivity contribution is 9.10. The van der Waals surface area contributed by atoms with Crippen LogP contribution in [0.2, 0.25) is 0 Å². The molecule has 144 valence electrons. The molecule has 0 spiro atoms. The van der Waals surface area contributed by atoms with Crippen LogP contribution >= 0.6 is 15.9 Å². The van der Waals surface area contributed by atoms with Crippen LogP contribution in [0.25, 0.3) is 0 Å². The van der Waals surface area contributed by atoms with Crippen LogP contribution in [-0.2, 0) is 14.6 Å². The number of benzene rings is 2. The summed E-state index contributed by atoms with van der Waals surface area (Å²) in [6.07, 6.45) is 0. The lowest BCUT2D eigenvalue weighted by atomic mass is 10.2. The van der Waals surface area contributed by atoms with Crippen molar-refractivity contribution in [2.75, 3.05) is 24.7 Å². The molecular weight excluding hydrogens is 432 g/mol. The fourth-order valence-electron chi connectivity index (χ4n) is 2.44. The number of sulfone groups is 1. The van der Waals surface area contributed by atoms with Gasteiger partial charge in [0.1, 0.15) is 0 Å². The Bertz CT molecular complexity index is 956. The van der Waals surface area contributed by atoms with Crippen molar-refractivity contribution in [1.82, 2.24) is 4.90 Å². The molecule has 2 aromatic carbocycles. The highest BCUT2D eigenvalue weighted by Gasteiger charge is 2.17. The lowest BCUT2D eigenvalue weighted by Gasteiger charge is -2.17. The van der Waals surface area contributed by atoms with Crippen molar-refractivity contribution >= 4 is 43.3 Å². The van der Waals surface area contributed by atoms with Crippen molar-refractivity contribution in [1.29, 1.82) is 0 Å². The van der Waals surface area contributed by atoms with E-state index in [1.54, 1.807) is 13.0 Å². The minimum Gasteiger partial charge on any atom is -0.332 e. The second-order valence-electron chi connectivity index (χ2n) is 6.10. The predicted octanol–water partition coefficient (Wildman–Crippen LogP) is 3.26. The summed E-state index contributed by atoms with van der Waals surface area (Å²) in [7, 11) is -1.79. The number of halogens is 1. The number of anilines is 1. The fraction of sp³-hybridized carbons (Fsp3) is 0.263. The van der Waals surface area contributed by atoms with Crippen molar-refractivity contribution in [2.45, 2.75) is 18.7 Å². The fourth-order valence-corrected chi connectivity index (χ4v) is 3.80. The van der Waals surface area contributed by atoms with Gasteiger partial charge in [0.05, 0.1) is 17.2 Å². The Kier molecular flexibility index (Phi) is 6.78. The molecule has 6 nitrogen and oxygen atoms in total. The van der Waals surface area contributed by atoms with Crippen LogP contribution in [-0.4, -0.2) is 44.5 Å². The van der Waals surface area contributed by atoms with Gasteiger partial charge < -0.3 is 10.2 Å². The molecule has 2 rings (SSSR count). The second kappa shape index (κ2) is 8.67. The number of carbonyl (C=O) groups is 2. The first-order valence-corrected chi connectivity index (χ1v) is 10.7. The van der Waals surface area contributed by atoms with E-state index in [1.165, 1.54) is 36.2 Å². The topological polar surface area (TPSA) is 83.6 Å². The number of likely N-dealkylation sites (N-methyl/N-ethyl adjacent to an activating group) is 1. The minimum absolute atomic E-state index is 0.00413. The number of nitrogens with zero attached hydrogens (tertiary/aromatic N) is 1. The zero-order valence-electron chi connectivity index (χ0n) is 15.3. The zero-order chi connectivity index (χ0) is 20.2. The third-order valence-electron chi connectivity index (χ3n) is 4.03. The zero-order valence-corrected chi connectivity index (χ0v) is 17.7. The maximum atomic E-state index is 12.5. The predicted molar refractivity (Wildman–Crippen MR) is 109 cm³/mol. The van der Waals surface area contributed by atoms with E-state index >= 15 is 0 Å². The summed E-state index contributed by atoms with van der Waals surface area (Å²) >= 11 is 3.37. The molecule has 0 fully saturated rings. The van der Waals surface area contributed by atoms with E-state index in [4.69, 9.17) is 0 Å². The third-order valence-corrected chi connectivity index (χ3v) is 6.27. The summed E-state index contributed by atoms with van der Waals surface area (Å²) < 4.78 is 24.6. The average Bonchev–Trinajstić information content (AvgIpc) is 2.63. The van der Waals surface area contributed by atoms with E-state index in [0.717, 1.165) is 10.0 Å². The minimum atomic E-state index is -3.31. The molecule has 0 unspecified atom stereocenters. The lowest BCUT2D eigenvalue weighted by molar-refractivity contribution is -0.116. The second-order valence-corrected chi connectivity index (χ2v) is 9.29. The van der Waals surface area contributed by atoms with E-state index in [9.17, 15) is 18.0 Å². The molecule has 0 heterocycles. The SMILES string of the molecule is CCS(=O)(=O)c1ccc(C(=O)N(C)CC(=O)Nc2ccc(Br)cc2C)cc1. The molecule has 0 aromatic heterocycles. The number of aryl methyl sites for hydroxylation is 1. The molecule has 0 aliphatic carbocycles. The van der Waals surface area contributed by atoms with Gasteiger partial charge in [-0.05, 0) is 55.0 Å². The van der Waals surface area contributed by atoms with Gasteiger partial charge in [-0.3, -0.25) is 9.59 Å². The first-order chi connectivity index (χ1) is 12.6. The Morgan fingerprint density at radius 1 is 1.11 bits per heavy atom. The van der Waals surface area contributed by atoms with Crippen LogP contribution in [0.4, 0.5) is 5.69 Å². The Hall–Kier alpha value is -2.19. The third kappa shape index (κ3) is 5.40. The van der Waals surface area contributed by atoms with Crippen LogP contribution in [0.5, 0.6) is 0 Å². The molecule has 27 heavy (non-hydrogen) atoms. The molecule has 8 heteroatoms. The van der Waals surface area contributed by atoms with Gasteiger partial charge in [-0.2, -0.15) is 0 Å². The molecule has 1 N–H and O–H groups in total. The van der Waals surface area contributed by atoms with Gasteiger partial charge in [-0.1, -0.05) is 22.9 Å². The number of carbonyl (C=O) groups excluding carboxylic acids is 2. The molecule has 0 saturated heterocycles. The maximum Gasteiger partial charge on any atom is 0.254 e. The van der Waals surface area contributed by atoms with E-state index in [-0.39, 0.29) is 29.0 Å². The molecule has 0 saturated carbocycles. The average molecular weight is 453 g/mol. The Balaban J connectivity index is 2.03. The monoisotopic (exact) mass is 452 g/mol. The summed E-state index contributed by atoms with van der Waals surface area (Å²) in [6.45, 7) is 3.32. The van der Waals surface area contributed by atoms with Crippen molar-refractivity contribution in [3.8, 4) is 0 Å². The summed E-state index contributed by atoms with van der Waals surface area (Å²) in [6, 6.07) is 11.2. The molecule has 0 aliphatic rings. The molecule has 0 atom stereocenters. The summed E-state index contributed by atoms with van der Waals surface area (Å²) in [5.41, 5.74) is 1.90. The molecule has 0 aliphatic heterocycles. The number of hydrogen-bond acceptors (Lipinski definition) is 4. The van der Waals surface area contributed by atoms with Crippen LogP contribution in [0, 0.1) is 6.92 Å². The van der Waals surface area contributed by atoms with Gasteiger partial charge in [0.25, 0.3) is 5.91 Å². The van der Waals surface area contributed by atoms with Gasteiger partial charge in [-0.15, -0.1) is 0 Å². The first-order valence-electron chi connectivity index (χ1n) is 8.28. The first kappa shape index (κ1) is 21.1. The smallest absolute Gasteiger partial charge is 0.254 e. The Labute approximate surface area is 167 Å². The summed E-state index contributed by atoms with van der Waals surface area (Å²) in [5, 5.41) is 2.78. The summed E-state index contributed by atoms with van der Waals surface area (Å²) in [4.78, 5) is 26.1. The number of amides is 2. The van der Waals surface area contributed by atoms with Gasteiger partial charge >= 0.3 is 0 Å². The van der Waals surface area contributed by atoms with Crippen LogP contribution < -0.4 is 5.32 Å². The van der Waals surface area contributed by atoms with Crippen LogP contribution in [0.1, 0.15) is 22.8 Å². The standard InChI is InChI=1S/C19H21BrN2O4S/c1-4-27(25,26)16-8-5-14(6-9-16)19(24)22(3)12-18(23)21-17-10-7-15(20)11-13(17)2/h5-11H,4,12H2,1-3H3,(H,21,23).